The van der Waals surface area contributed by atoms with Crippen LogP contribution < -0.4 is 0 Å². The van der Waals surface area contributed by atoms with E-state index in [9.17, 15) is 22.8 Å². The van der Waals surface area contributed by atoms with E-state index in [0.29, 0.717) is 24.5 Å². The predicted molar refractivity (Wildman–Crippen MR) is 122 cm³/mol. The van der Waals surface area contributed by atoms with Crippen molar-refractivity contribution < 1.29 is 31.9 Å². The fourth-order valence-corrected chi connectivity index (χ4v) is 3.93. The van der Waals surface area contributed by atoms with Crippen LogP contribution in [0.5, 0.6) is 0 Å². The molecule has 6 nitrogen and oxygen atoms in total. The molecule has 9 heteroatoms. The monoisotopic (exact) mass is 486 g/mol. The maximum atomic E-state index is 13.2. The molecule has 0 radical (unpaired) electrons. The van der Waals surface area contributed by atoms with Gasteiger partial charge in [-0.1, -0.05) is 17.7 Å². The zero-order valence-electron chi connectivity index (χ0n) is 19.1. The Hall–Kier alpha value is -3.59. The minimum absolute atomic E-state index is 0.110. The normalized spacial score (nSPS) is 16.2. The van der Waals surface area contributed by atoms with E-state index in [-0.39, 0.29) is 31.1 Å². The van der Waals surface area contributed by atoms with E-state index in [1.807, 2.05) is 19.1 Å². The largest absolute Gasteiger partial charge is 0.467 e. The zero-order chi connectivity index (χ0) is 25.0. The Kier molecular flexibility index (Phi) is 7.25. The first kappa shape index (κ1) is 24.5. The molecule has 35 heavy (non-hydrogen) atoms. The second kappa shape index (κ2) is 10.4. The summed E-state index contributed by atoms with van der Waals surface area (Å²) in [7, 11) is 0. The van der Waals surface area contributed by atoms with E-state index in [1.165, 1.54) is 11.2 Å². The lowest BCUT2D eigenvalue weighted by Crippen LogP contribution is -2.50. The first-order valence-electron chi connectivity index (χ1n) is 11.2. The number of amides is 2. The molecule has 1 fully saturated rings. The van der Waals surface area contributed by atoms with Crippen LogP contribution >= 0.6 is 0 Å². The molecule has 1 aromatic heterocycles. The predicted octanol–water partition coefficient (Wildman–Crippen LogP) is 4.79. The van der Waals surface area contributed by atoms with Gasteiger partial charge in [0.05, 0.1) is 31.1 Å². The Morgan fingerprint density at radius 2 is 1.71 bits per heavy atom. The van der Waals surface area contributed by atoms with Crippen molar-refractivity contribution >= 4 is 11.8 Å². The van der Waals surface area contributed by atoms with E-state index < -0.39 is 23.8 Å². The number of halogens is 3. The van der Waals surface area contributed by atoms with Gasteiger partial charge in [0.25, 0.3) is 11.8 Å². The molecule has 2 aromatic carbocycles. The highest BCUT2D eigenvalue weighted by molar-refractivity contribution is 5.95. The fraction of sp³-hybridized carbons (Fsp3) is 0.308. The molecule has 1 atom stereocenters. The number of hydrogen-bond donors (Lipinski definition) is 0. The molecule has 4 rings (SSSR count). The molecule has 1 aliphatic heterocycles. The van der Waals surface area contributed by atoms with Crippen LogP contribution in [0.2, 0.25) is 0 Å². The number of morpholine rings is 1. The Labute approximate surface area is 200 Å². The van der Waals surface area contributed by atoms with Crippen molar-refractivity contribution in [3.05, 3.63) is 94.9 Å². The Balaban J connectivity index is 1.49. The van der Waals surface area contributed by atoms with Crippen molar-refractivity contribution in [3.8, 4) is 0 Å². The number of nitrogens with zero attached hydrogens (tertiary/aromatic N) is 2. The summed E-state index contributed by atoms with van der Waals surface area (Å²) in [6, 6.07) is 14.8. The second-order valence-corrected chi connectivity index (χ2v) is 8.45. The van der Waals surface area contributed by atoms with Crippen molar-refractivity contribution in [2.75, 3.05) is 26.2 Å². The number of aryl methyl sites for hydroxylation is 1. The quantitative estimate of drug-likeness (QED) is 0.503. The lowest BCUT2D eigenvalue weighted by molar-refractivity contribution is -0.137. The van der Waals surface area contributed by atoms with Crippen molar-refractivity contribution in [2.24, 2.45) is 0 Å². The fourth-order valence-electron chi connectivity index (χ4n) is 3.93. The summed E-state index contributed by atoms with van der Waals surface area (Å²) in [6.07, 6.45) is -3.47. The molecular weight excluding hydrogens is 461 g/mol. The highest BCUT2D eigenvalue weighted by atomic mass is 19.4. The van der Waals surface area contributed by atoms with Crippen LogP contribution in [0, 0.1) is 6.92 Å². The Bertz CT molecular complexity index is 1140. The smallest absolute Gasteiger partial charge is 0.416 e. The molecule has 0 bridgehead atoms. The van der Waals surface area contributed by atoms with Gasteiger partial charge in [-0.25, -0.2) is 0 Å². The minimum Gasteiger partial charge on any atom is -0.467 e. The number of rotatable bonds is 6. The zero-order valence-corrected chi connectivity index (χ0v) is 19.1. The summed E-state index contributed by atoms with van der Waals surface area (Å²) in [5.41, 5.74) is 0.918. The number of alkyl halides is 3. The molecule has 0 saturated carbocycles. The summed E-state index contributed by atoms with van der Waals surface area (Å²) in [5, 5.41) is 0. The summed E-state index contributed by atoms with van der Waals surface area (Å²) < 4.78 is 50.0. The number of hydrogen-bond acceptors (Lipinski definition) is 4. The van der Waals surface area contributed by atoms with Gasteiger partial charge in [0, 0.05) is 30.8 Å². The first-order chi connectivity index (χ1) is 16.7. The van der Waals surface area contributed by atoms with Gasteiger partial charge in [-0.3, -0.25) is 9.59 Å². The first-order valence-corrected chi connectivity index (χ1v) is 11.2. The highest BCUT2D eigenvalue weighted by Gasteiger charge is 2.32. The van der Waals surface area contributed by atoms with Crippen LogP contribution in [0.4, 0.5) is 13.2 Å². The highest BCUT2D eigenvalue weighted by Crippen LogP contribution is 2.29. The molecule has 2 heterocycles. The molecule has 0 N–H and O–H groups in total. The molecule has 1 aliphatic rings. The molecule has 184 valence electrons. The van der Waals surface area contributed by atoms with Crippen molar-refractivity contribution in [1.29, 1.82) is 0 Å². The number of benzene rings is 2. The van der Waals surface area contributed by atoms with Crippen molar-refractivity contribution in [2.45, 2.75) is 25.7 Å². The lowest BCUT2D eigenvalue weighted by Gasteiger charge is -2.35. The number of furan rings is 1. The van der Waals surface area contributed by atoms with Gasteiger partial charge in [-0.2, -0.15) is 13.2 Å². The van der Waals surface area contributed by atoms with Gasteiger partial charge in [0.1, 0.15) is 5.76 Å². The molecule has 0 aliphatic carbocycles. The third-order valence-corrected chi connectivity index (χ3v) is 5.82. The number of ether oxygens (including phenoxy) is 1. The van der Waals surface area contributed by atoms with Crippen LogP contribution in [0.3, 0.4) is 0 Å². The maximum absolute atomic E-state index is 13.2. The van der Waals surface area contributed by atoms with E-state index >= 15 is 0 Å². The molecule has 1 saturated heterocycles. The molecule has 2 amide bonds. The molecular formula is C26H25F3N2O4. The third kappa shape index (κ3) is 6.10. The lowest BCUT2D eigenvalue weighted by atomic mass is 10.1. The summed E-state index contributed by atoms with van der Waals surface area (Å²) in [5.74, 6) is -0.0562. The average molecular weight is 486 g/mol. The van der Waals surface area contributed by atoms with Gasteiger partial charge < -0.3 is 19.0 Å². The van der Waals surface area contributed by atoms with Crippen molar-refractivity contribution in [1.82, 2.24) is 9.80 Å². The standard InChI is InChI=1S/C26H25F3N2O4/c1-18-4-6-19(7-5-18)24(32)30-12-14-35-23(16-30)17-31(15-22-3-2-13-34-22)25(33)20-8-10-21(11-9-20)26(27,28)29/h2-11,13,23H,12,14-17H2,1H3. The third-order valence-electron chi connectivity index (χ3n) is 5.82. The molecule has 0 spiro atoms. The minimum atomic E-state index is -4.49. The number of carbonyl (C=O) groups is 2. The van der Waals surface area contributed by atoms with Gasteiger partial charge in [0.2, 0.25) is 0 Å². The Morgan fingerprint density at radius 1 is 1.03 bits per heavy atom. The molecule has 1 unspecified atom stereocenters. The Morgan fingerprint density at radius 3 is 2.34 bits per heavy atom. The second-order valence-electron chi connectivity index (χ2n) is 8.45. The van der Waals surface area contributed by atoms with E-state index in [2.05, 4.69) is 0 Å². The summed E-state index contributed by atoms with van der Waals surface area (Å²) in [6.45, 7) is 3.21. The van der Waals surface area contributed by atoms with Crippen molar-refractivity contribution in [3.63, 3.8) is 0 Å². The summed E-state index contributed by atoms with van der Waals surface area (Å²) >= 11 is 0. The topological polar surface area (TPSA) is 63.0 Å². The molecule has 3 aromatic rings. The average Bonchev–Trinajstić information content (AvgIpc) is 3.36. The van der Waals surface area contributed by atoms with Crippen LogP contribution in [0.15, 0.2) is 71.3 Å². The summed E-state index contributed by atoms with van der Waals surface area (Å²) in [4.78, 5) is 29.3. The van der Waals surface area contributed by atoms with Crippen LogP contribution in [0.25, 0.3) is 0 Å². The SMILES string of the molecule is Cc1ccc(C(=O)N2CCOC(CN(Cc3ccco3)C(=O)c3ccc(C(F)(F)F)cc3)C2)cc1. The van der Waals surface area contributed by atoms with E-state index in [4.69, 9.17) is 9.15 Å². The van der Waals surface area contributed by atoms with Crippen LogP contribution in [-0.2, 0) is 17.5 Å². The van der Waals surface area contributed by atoms with E-state index in [1.54, 1.807) is 29.2 Å². The van der Waals surface area contributed by atoms with Gasteiger partial charge in [0.15, 0.2) is 0 Å². The van der Waals surface area contributed by atoms with Gasteiger partial charge in [-0.05, 0) is 55.5 Å². The van der Waals surface area contributed by atoms with E-state index in [0.717, 1.165) is 29.8 Å². The van der Waals surface area contributed by atoms with Gasteiger partial charge >= 0.3 is 6.18 Å². The van der Waals surface area contributed by atoms with Crippen LogP contribution in [0.1, 0.15) is 37.6 Å². The number of carbonyl (C=O) groups excluding carboxylic acids is 2. The van der Waals surface area contributed by atoms with Gasteiger partial charge in [-0.15, -0.1) is 0 Å². The maximum Gasteiger partial charge on any atom is 0.416 e. The van der Waals surface area contributed by atoms with Crippen LogP contribution in [-0.4, -0.2) is 54.0 Å².